The predicted octanol–water partition coefficient (Wildman–Crippen LogP) is 1.87. The van der Waals surface area contributed by atoms with E-state index in [-0.39, 0.29) is 15.8 Å². The Morgan fingerprint density at radius 3 is 2.59 bits per heavy atom. The quantitative estimate of drug-likeness (QED) is 0.891. The third-order valence-corrected chi connectivity index (χ3v) is 6.05. The summed E-state index contributed by atoms with van der Waals surface area (Å²) in [7, 11) is -2.07. The Hall–Kier alpha value is -0.920. The highest BCUT2D eigenvalue weighted by Crippen LogP contribution is 2.24. The molecule has 17 heavy (non-hydrogen) atoms. The van der Waals surface area contributed by atoms with Gasteiger partial charge in [0.1, 0.15) is 4.21 Å². The van der Waals surface area contributed by atoms with Crippen molar-refractivity contribution in [2.24, 2.45) is 0 Å². The van der Waals surface area contributed by atoms with Crippen LogP contribution in [0.3, 0.4) is 0 Å². The summed E-state index contributed by atoms with van der Waals surface area (Å²) in [6.45, 7) is 3.71. The highest BCUT2D eigenvalue weighted by molar-refractivity contribution is 7.91. The Balaban J connectivity index is 3.09. The van der Waals surface area contributed by atoms with Crippen LogP contribution in [0.4, 0.5) is 0 Å². The van der Waals surface area contributed by atoms with E-state index in [0.29, 0.717) is 6.42 Å². The molecule has 0 spiro atoms. The summed E-state index contributed by atoms with van der Waals surface area (Å²) in [5.74, 6) is -1.12. The standard InChI is InChI=1S/C10H15NO4S2/c1-4-7(2)11(3)17(14,15)9-5-8(6-16-9)10(12)13/h5-7H,4H2,1-3H3,(H,12,13). The van der Waals surface area contributed by atoms with Crippen LogP contribution in [-0.2, 0) is 10.0 Å². The third kappa shape index (κ3) is 2.85. The first-order valence-electron chi connectivity index (χ1n) is 5.10. The van der Waals surface area contributed by atoms with Gasteiger partial charge in [-0.15, -0.1) is 11.3 Å². The van der Waals surface area contributed by atoms with E-state index in [1.807, 2.05) is 13.8 Å². The molecule has 1 atom stereocenters. The average Bonchev–Trinajstić information content (AvgIpc) is 2.76. The van der Waals surface area contributed by atoms with Crippen LogP contribution in [0.5, 0.6) is 0 Å². The summed E-state index contributed by atoms with van der Waals surface area (Å²) < 4.78 is 25.6. The Bertz CT molecular complexity index is 506. The first kappa shape index (κ1) is 14.1. The van der Waals surface area contributed by atoms with Crippen LogP contribution in [0.25, 0.3) is 0 Å². The van der Waals surface area contributed by atoms with Crippen molar-refractivity contribution in [1.82, 2.24) is 4.31 Å². The topological polar surface area (TPSA) is 74.7 Å². The number of carbonyl (C=O) groups is 1. The molecule has 1 aromatic rings. The molecule has 96 valence electrons. The van der Waals surface area contributed by atoms with Crippen LogP contribution >= 0.6 is 11.3 Å². The van der Waals surface area contributed by atoms with Crippen molar-refractivity contribution >= 4 is 27.3 Å². The molecule has 0 saturated heterocycles. The third-order valence-electron chi connectivity index (χ3n) is 2.67. The van der Waals surface area contributed by atoms with Gasteiger partial charge in [-0.05, 0) is 19.4 Å². The number of hydrogen-bond donors (Lipinski definition) is 1. The van der Waals surface area contributed by atoms with Crippen molar-refractivity contribution in [2.75, 3.05) is 7.05 Å². The van der Waals surface area contributed by atoms with Crippen molar-refractivity contribution in [3.8, 4) is 0 Å². The van der Waals surface area contributed by atoms with Crippen LogP contribution in [0.2, 0.25) is 0 Å². The molecular formula is C10H15NO4S2. The van der Waals surface area contributed by atoms with E-state index in [1.165, 1.54) is 22.8 Å². The van der Waals surface area contributed by atoms with Crippen molar-refractivity contribution < 1.29 is 18.3 Å². The van der Waals surface area contributed by atoms with E-state index in [4.69, 9.17) is 5.11 Å². The predicted molar refractivity (Wildman–Crippen MR) is 66.0 cm³/mol. The molecule has 1 aromatic heterocycles. The monoisotopic (exact) mass is 277 g/mol. The summed E-state index contributed by atoms with van der Waals surface area (Å²) in [5.41, 5.74) is 0.00567. The van der Waals surface area contributed by atoms with Gasteiger partial charge in [0.05, 0.1) is 5.56 Å². The maximum Gasteiger partial charge on any atom is 0.336 e. The normalized spacial score (nSPS) is 13.9. The molecule has 0 saturated carbocycles. The second-order valence-electron chi connectivity index (χ2n) is 3.74. The summed E-state index contributed by atoms with van der Waals surface area (Å²) in [6.07, 6.45) is 0.701. The molecule has 1 unspecified atom stereocenters. The fourth-order valence-electron chi connectivity index (χ4n) is 1.20. The lowest BCUT2D eigenvalue weighted by Crippen LogP contribution is -2.34. The Kier molecular flexibility index (Phi) is 4.29. The molecule has 0 aliphatic heterocycles. The first-order valence-corrected chi connectivity index (χ1v) is 7.42. The van der Waals surface area contributed by atoms with E-state index in [1.54, 1.807) is 0 Å². The van der Waals surface area contributed by atoms with Crippen molar-refractivity contribution in [3.63, 3.8) is 0 Å². The molecular weight excluding hydrogens is 262 g/mol. The van der Waals surface area contributed by atoms with Gasteiger partial charge in [-0.3, -0.25) is 0 Å². The zero-order chi connectivity index (χ0) is 13.2. The summed E-state index contributed by atoms with van der Waals surface area (Å²) in [6, 6.07) is 1.08. The van der Waals surface area contributed by atoms with Gasteiger partial charge in [0.25, 0.3) is 10.0 Å². The lowest BCUT2D eigenvalue weighted by molar-refractivity contribution is 0.0697. The fourth-order valence-corrected chi connectivity index (χ4v) is 3.97. The molecule has 1 N–H and O–H groups in total. The molecule has 7 heteroatoms. The molecule has 0 aliphatic rings. The van der Waals surface area contributed by atoms with Crippen molar-refractivity contribution in [1.29, 1.82) is 0 Å². The number of rotatable bonds is 5. The molecule has 1 rings (SSSR count). The van der Waals surface area contributed by atoms with Gasteiger partial charge < -0.3 is 5.11 Å². The van der Waals surface area contributed by atoms with Gasteiger partial charge in [-0.25, -0.2) is 13.2 Å². The zero-order valence-corrected chi connectivity index (χ0v) is 11.5. The van der Waals surface area contributed by atoms with Gasteiger partial charge in [-0.1, -0.05) is 6.92 Å². The molecule has 0 radical (unpaired) electrons. The fraction of sp³-hybridized carbons (Fsp3) is 0.500. The number of carboxylic acid groups (broad SMARTS) is 1. The van der Waals surface area contributed by atoms with Crippen LogP contribution in [0.1, 0.15) is 30.6 Å². The SMILES string of the molecule is CCC(C)N(C)S(=O)(=O)c1cc(C(=O)O)cs1. The lowest BCUT2D eigenvalue weighted by Gasteiger charge is -2.22. The zero-order valence-electron chi connectivity index (χ0n) is 9.87. The van der Waals surface area contributed by atoms with Crippen LogP contribution < -0.4 is 0 Å². The number of hydrogen-bond acceptors (Lipinski definition) is 4. The highest BCUT2D eigenvalue weighted by atomic mass is 32.2. The molecule has 0 aliphatic carbocycles. The first-order chi connectivity index (χ1) is 7.80. The highest BCUT2D eigenvalue weighted by Gasteiger charge is 2.26. The average molecular weight is 277 g/mol. The van der Waals surface area contributed by atoms with Crippen molar-refractivity contribution in [2.45, 2.75) is 30.5 Å². The summed E-state index contributed by atoms with van der Waals surface area (Å²) >= 11 is 0.931. The van der Waals surface area contributed by atoms with E-state index < -0.39 is 16.0 Å². The molecule has 0 fully saturated rings. The van der Waals surface area contributed by atoms with E-state index in [9.17, 15) is 13.2 Å². The Morgan fingerprint density at radius 2 is 2.18 bits per heavy atom. The number of nitrogens with zero attached hydrogens (tertiary/aromatic N) is 1. The number of sulfonamides is 1. The summed E-state index contributed by atoms with van der Waals surface area (Å²) in [5, 5.41) is 10.1. The minimum Gasteiger partial charge on any atom is -0.478 e. The van der Waals surface area contributed by atoms with Gasteiger partial charge >= 0.3 is 5.97 Å². The minimum atomic E-state index is -3.57. The van der Waals surface area contributed by atoms with E-state index in [2.05, 4.69) is 0 Å². The van der Waals surface area contributed by atoms with Crippen LogP contribution in [0.15, 0.2) is 15.7 Å². The Labute approximate surface area is 105 Å². The van der Waals surface area contributed by atoms with Crippen LogP contribution in [0, 0.1) is 0 Å². The number of aromatic carboxylic acids is 1. The summed E-state index contributed by atoms with van der Waals surface area (Å²) in [4.78, 5) is 10.7. The maximum atomic E-state index is 12.1. The number of thiophene rings is 1. The van der Waals surface area contributed by atoms with Crippen LogP contribution in [-0.4, -0.2) is 36.9 Å². The second-order valence-corrected chi connectivity index (χ2v) is 6.87. The minimum absolute atomic E-state index is 0.00567. The maximum absolute atomic E-state index is 12.1. The van der Waals surface area contributed by atoms with E-state index >= 15 is 0 Å². The molecule has 0 aromatic carbocycles. The van der Waals surface area contributed by atoms with Gasteiger partial charge in [0, 0.05) is 18.5 Å². The van der Waals surface area contributed by atoms with Gasteiger partial charge in [0.15, 0.2) is 0 Å². The molecule has 5 nitrogen and oxygen atoms in total. The number of carboxylic acids is 1. The molecule has 0 amide bonds. The largest absolute Gasteiger partial charge is 0.478 e. The molecule has 0 bridgehead atoms. The van der Waals surface area contributed by atoms with E-state index in [0.717, 1.165) is 11.3 Å². The Morgan fingerprint density at radius 1 is 1.59 bits per heavy atom. The van der Waals surface area contributed by atoms with Gasteiger partial charge in [0.2, 0.25) is 0 Å². The smallest absolute Gasteiger partial charge is 0.336 e. The van der Waals surface area contributed by atoms with Gasteiger partial charge in [-0.2, -0.15) is 4.31 Å². The molecule has 1 heterocycles. The van der Waals surface area contributed by atoms with Crippen molar-refractivity contribution in [3.05, 3.63) is 17.0 Å². The second kappa shape index (κ2) is 5.16. The lowest BCUT2D eigenvalue weighted by atomic mass is 10.3.